The summed E-state index contributed by atoms with van der Waals surface area (Å²) >= 11 is 1.27. The summed E-state index contributed by atoms with van der Waals surface area (Å²) < 4.78 is 19.4. The average molecular weight is 569 g/mol. The number of carbonyl (C=O) groups excluding carboxylic acids is 2. The van der Waals surface area contributed by atoms with Crippen molar-refractivity contribution in [2.24, 2.45) is 5.41 Å². The summed E-state index contributed by atoms with van der Waals surface area (Å²) in [6.45, 7) is 5.80. The number of rotatable bonds is 11. The van der Waals surface area contributed by atoms with Crippen molar-refractivity contribution in [3.63, 3.8) is 0 Å². The fourth-order valence-electron chi connectivity index (χ4n) is 4.70. The summed E-state index contributed by atoms with van der Waals surface area (Å²) in [7, 11) is 0. The van der Waals surface area contributed by atoms with Crippen LogP contribution in [0.2, 0.25) is 0 Å². The molecule has 1 fully saturated rings. The molecule has 9 nitrogen and oxygen atoms in total. The van der Waals surface area contributed by atoms with E-state index in [9.17, 15) is 23.9 Å². The van der Waals surface area contributed by atoms with Gasteiger partial charge in [0.2, 0.25) is 5.13 Å². The summed E-state index contributed by atoms with van der Waals surface area (Å²) in [5, 5.41) is 19.3. The Morgan fingerprint density at radius 1 is 1.07 bits per heavy atom. The van der Waals surface area contributed by atoms with Crippen molar-refractivity contribution in [2.75, 3.05) is 31.1 Å². The molecular formula is C29H33FN4O5S. The molecule has 0 aliphatic carbocycles. The van der Waals surface area contributed by atoms with Gasteiger partial charge < -0.3 is 9.84 Å². The number of hydrogen-bond donors (Lipinski definition) is 1. The molecule has 2 aromatic carbocycles. The molecule has 0 spiro atoms. The molecule has 0 radical (unpaired) electrons. The fourth-order valence-corrected chi connectivity index (χ4v) is 5.57. The first-order valence-electron chi connectivity index (χ1n) is 13.4. The zero-order chi connectivity index (χ0) is 28.7. The highest BCUT2D eigenvalue weighted by atomic mass is 32.1. The minimum atomic E-state index is -1.48. The van der Waals surface area contributed by atoms with Gasteiger partial charge in [-0.05, 0) is 43.9 Å². The number of esters is 1. The number of unbranched alkanes of at least 4 members (excludes halogenated alkanes) is 1. The first kappa shape index (κ1) is 29.3. The Kier molecular flexibility index (Phi) is 9.59. The van der Waals surface area contributed by atoms with E-state index in [0.717, 1.165) is 24.0 Å². The van der Waals surface area contributed by atoms with Crippen molar-refractivity contribution < 1.29 is 28.6 Å². The van der Waals surface area contributed by atoms with Gasteiger partial charge in [-0.1, -0.05) is 61.1 Å². The molecule has 0 bridgehead atoms. The van der Waals surface area contributed by atoms with E-state index in [-0.39, 0.29) is 25.0 Å². The number of amides is 1. The van der Waals surface area contributed by atoms with Crippen LogP contribution >= 0.6 is 11.3 Å². The van der Waals surface area contributed by atoms with Crippen LogP contribution in [0.3, 0.4) is 0 Å². The lowest BCUT2D eigenvalue weighted by molar-refractivity contribution is -0.172. The first-order valence-corrected chi connectivity index (χ1v) is 14.2. The minimum Gasteiger partial charge on any atom is -0.480 e. The minimum absolute atomic E-state index is 0.000250. The number of hydrogen-bond acceptors (Lipinski definition) is 8. The molecule has 212 valence electrons. The summed E-state index contributed by atoms with van der Waals surface area (Å²) in [6, 6.07) is 13.7. The number of piperidine rings is 1. The third-order valence-corrected chi connectivity index (χ3v) is 8.12. The molecule has 1 N–H and O–H groups in total. The Morgan fingerprint density at radius 3 is 2.40 bits per heavy atom. The lowest BCUT2D eigenvalue weighted by Gasteiger charge is -2.37. The molecule has 1 aliphatic heterocycles. The predicted molar refractivity (Wildman–Crippen MR) is 150 cm³/mol. The maximum absolute atomic E-state index is 14.3. The fraction of sp³-hybridized carbons (Fsp3) is 0.414. The van der Waals surface area contributed by atoms with Crippen LogP contribution < -0.4 is 4.90 Å². The van der Waals surface area contributed by atoms with Crippen LogP contribution in [-0.4, -0.2) is 64.3 Å². The third-order valence-electron chi connectivity index (χ3n) is 7.12. The van der Waals surface area contributed by atoms with Gasteiger partial charge in [0, 0.05) is 31.7 Å². The van der Waals surface area contributed by atoms with Gasteiger partial charge >= 0.3 is 11.9 Å². The van der Waals surface area contributed by atoms with Gasteiger partial charge in [0.1, 0.15) is 10.8 Å². The quantitative estimate of drug-likeness (QED) is 0.253. The number of aliphatic carboxylic acids is 1. The van der Waals surface area contributed by atoms with Crippen molar-refractivity contribution >= 4 is 34.3 Å². The van der Waals surface area contributed by atoms with E-state index >= 15 is 0 Å². The topological polar surface area (TPSA) is 113 Å². The molecule has 2 heterocycles. The van der Waals surface area contributed by atoms with Crippen molar-refractivity contribution in [3.05, 3.63) is 65.5 Å². The lowest BCUT2D eigenvalue weighted by Crippen LogP contribution is -2.49. The Bertz CT molecular complexity index is 1340. The second-order valence-electron chi connectivity index (χ2n) is 9.76. The van der Waals surface area contributed by atoms with E-state index in [1.807, 2.05) is 31.2 Å². The number of likely N-dealkylation sites (tertiary alicyclic amines) is 1. The summed E-state index contributed by atoms with van der Waals surface area (Å²) in [4.78, 5) is 41.0. The van der Waals surface area contributed by atoms with Crippen LogP contribution in [0.15, 0.2) is 48.5 Å². The predicted octanol–water partition coefficient (Wildman–Crippen LogP) is 5.02. The number of carboxylic acids is 1. The molecule has 1 amide bonds. The Balaban J connectivity index is 1.43. The zero-order valence-electron chi connectivity index (χ0n) is 22.6. The van der Waals surface area contributed by atoms with Gasteiger partial charge in [-0.25, -0.2) is 4.39 Å². The van der Waals surface area contributed by atoms with Crippen molar-refractivity contribution in [1.82, 2.24) is 15.1 Å². The van der Waals surface area contributed by atoms with Gasteiger partial charge in [0.15, 0.2) is 5.41 Å². The van der Waals surface area contributed by atoms with Crippen LogP contribution in [0.25, 0.3) is 10.6 Å². The van der Waals surface area contributed by atoms with Crippen LogP contribution in [0.5, 0.6) is 0 Å². The zero-order valence-corrected chi connectivity index (χ0v) is 23.5. The Morgan fingerprint density at radius 2 is 1.77 bits per heavy atom. The van der Waals surface area contributed by atoms with Crippen molar-refractivity contribution in [3.8, 4) is 10.6 Å². The highest BCUT2D eigenvalue weighted by Crippen LogP contribution is 2.35. The van der Waals surface area contributed by atoms with E-state index in [4.69, 9.17) is 4.74 Å². The number of halogens is 1. The van der Waals surface area contributed by atoms with Gasteiger partial charge in [0.25, 0.3) is 5.91 Å². The van der Waals surface area contributed by atoms with Gasteiger partial charge in [-0.15, -0.1) is 10.2 Å². The van der Waals surface area contributed by atoms with Crippen LogP contribution in [0, 0.1) is 11.2 Å². The molecule has 40 heavy (non-hydrogen) atoms. The standard InChI is InChI=1S/C29H33FN4O5S/c1-3-5-16-34(25(35)22-8-6-7-9-23(22)30)28-32-31-24(40-28)21-12-10-20(11-13-21)19-33-17-14-29(15-18-33,26(36)37)27(38)39-4-2/h6-13H,3-5,14-19H2,1-2H3,(H,36,37). The highest BCUT2D eigenvalue weighted by molar-refractivity contribution is 7.18. The molecule has 4 rings (SSSR count). The van der Waals surface area contributed by atoms with E-state index < -0.39 is 29.1 Å². The number of ether oxygens (including phenoxy) is 1. The normalized spacial score (nSPS) is 15.0. The molecule has 1 saturated heterocycles. The summed E-state index contributed by atoms with van der Waals surface area (Å²) in [6.07, 6.45) is 2.01. The number of anilines is 1. The second-order valence-corrected chi connectivity index (χ2v) is 10.7. The third kappa shape index (κ3) is 6.37. The number of carbonyl (C=O) groups is 3. The summed E-state index contributed by atoms with van der Waals surface area (Å²) in [5.74, 6) is -2.80. The SMILES string of the molecule is CCCCN(C(=O)c1ccccc1F)c1nnc(-c2ccc(CN3CCC(C(=O)O)(C(=O)OCC)CC3)cc2)s1. The second kappa shape index (κ2) is 13.1. The van der Waals surface area contributed by atoms with Crippen LogP contribution in [0.1, 0.15) is 55.5 Å². The largest absolute Gasteiger partial charge is 0.480 e. The maximum atomic E-state index is 14.3. The van der Waals surface area contributed by atoms with Gasteiger partial charge in [-0.3, -0.25) is 24.2 Å². The maximum Gasteiger partial charge on any atom is 0.323 e. The van der Waals surface area contributed by atoms with Gasteiger partial charge in [-0.2, -0.15) is 0 Å². The molecule has 3 aromatic rings. The van der Waals surface area contributed by atoms with Crippen molar-refractivity contribution in [1.29, 1.82) is 0 Å². The smallest absolute Gasteiger partial charge is 0.323 e. The summed E-state index contributed by atoms with van der Waals surface area (Å²) in [5.41, 5.74) is 0.393. The molecule has 0 atom stereocenters. The van der Waals surface area contributed by atoms with E-state index in [1.165, 1.54) is 28.4 Å². The number of nitrogens with zero attached hydrogens (tertiary/aromatic N) is 4. The monoisotopic (exact) mass is 568 g/mol. The molecule has 1 aliphatic rings. The van der Waals surface area contributed by atoms with Gasteiger partial charge in [0.05, 0.1) is 12.2 Å². The first-order chi connectivity index (χ1) is 19.3. The molecule has 1 aromatic heterocycles. The van der Waals surface area contributed by atoms with Crippen molar-refractivity contribution in [2.45, 2.75) is 46.1 Å². The average Bonchev–Trinajstić information content (AvgIpc) is 3.44. The highest BCUT2D eigenvalue weighted by Gasteiger charge is 2.49. The van der Waals surface area contributed by atoms with E-state index in [1.54, 1.807) is 19.1 Å². The number of benzene rings is 2. The lowest BCUT2D eigenvalue weighted by atomic mass is 9.78. The number of carboxylic acid groups (broad SMARTS) is 1. The van der Waals surface area contributed by atoms with Crippen LogP contribution in [-0.2, 0) is 20.9 Å². The Hall–Kier alpha value is -3.70. The Labute approximate surface area is 236 Å². The molecule has 0 saturated carbocycles. The number of aromatic nitrogens is 2. The molecular weight excluding hydrogens is 535 g/mol. The molecule has 11 heteroatoms. The molecule has 0 unspecified atom stereocenters. The van der Waals surface area contributed by atoms with E-state index in [0.29, 0.717) is 36.3 Å². The van der Waals surface area contributed by atoms with Crippen LogP contribution in [0.4, 0.5) is 9.52 Å². The van der Waals surface area contributed by atoms with E-state index in [2.05, 4.69) is 15.1 Å².